The quantitative estimate of drug-likeness (QED) is 0.675. The summed E-state index contributed by atoms with van der Waals surface area (Å²) in [5.74, 6) is 0.169. The molecule has 20 heavy (non-hydrogen) atoms. The van der Waals surface area contributed by atoms with Gasteiger partial charge in [0.2, 0.25) is 0 Å². The summed E-state index contributed by atoms with van der Waals surface area (Å²) in [6, 6.07) is 6.56. The van der Waals surface area contributed by atoms with Crippen LogP contribution in [0.4, 0.5) is 5.69 Å². The summed E-state index contributed by atoms with van der Waals surface area (Å²) in [4.78, 5) is 11.6. The summed E-state index contributed by atoms with van der Waals surface area (Å²) >= 11 is 1.29. The first kappa shape index (κ1) is 14.4. The van der Waals surface area contributed by atoms with Gasteiger partial charge in [-0.1, -0.05) is 18.7 Å². The van der Waals surface area contributed by atoms with Gasteiger partial charge in [-0.25, -0.2) is 0 Å². The highest BCUT2D eigenvalue weighted by molar-refractivity contribution is 7.99. The van der Waals surface area contributed by atoms with Crippen LogP contribution in [0.25, 0.3) is 0 Å². The summed E-state index contributed by atoms with van der Waals surface area (Å²) < 4.78 is 1.67. The lowest BCUT2D eigenvalue weighted by molar-refractivity contribution is -0.388. The molecule has 106 valence electrons. The molecule has 1 heterocycles. The number of hydrogen-bond acceptors (Lipinski definition) is 5. The van der Waals surface area contributed by atoms with Gasteiger partial charge in [0.25, 0.3) is 0 Å². The molecule has 0 unspecified atom stereocenters. The van der Waals surface area contributed by atoms with Crippen LogP contribution in [0.3, 0.4) is 0 Å². The maximum absolute atomic E-state index is 11.2. The SMILES string of the molecule is CCCn1nc(C)c([N+](=O)[O-])c1Sc1ccc(O)cc1. The van der Waals surface area contributed by atoms with Crippen LogP contribution in [0.1, 0.15) is 19.0 Å². The van der Waals surface area contributed by atoms with Crippen molar-refractivity contribution in [2.24, 2.45) is 0 Å². The van der Waals surface area contributed by atoms with E-state index < -0.39 is 4.92 Å². The van der Waals surface area contributed by atoms with Crippen molar-refractivity contribution in [1.29, 1.82) is 0 Å². The van der Waals surface area contributed by atoms with Crippen LogP contribution in [0.5, 0.6) is 5.75 Å². The minimum Gasteiger partial charge on any atom is -0.508 e. The van der Waals surface area contributed by atoms with Crippen molar-refractivity contribution in [3.05, 3.63) is 40.1 Å². The number of phenols is 1. The number of nitrogens with zero attached hydrogens (tertiary/aromatic N) is 3. The van der Waals surface area contributed by atoms with Crippen molar-refractivity contribution in [2.75, 3.05) is 0 Å². The molecule has 0 aliphatic carbocycles. The van der Waals surface area contributed by atoms with Crippen LogP contribution in [0.15, 0.2) is 34.2 Å². The molecule has 0 saturated carbocycles. The van der Waals surface area contributed by atoms with E-state index in [0.29, 0.717) is 17.3 Å². The number of rotatable bonds is 5. The van der Waals surface area contributed by atoms with E-state index in [9.17, 15) is 15.2 Å². The molecular weight excluding hydrogens is 278 g/mol. The van der Waals surface area contributed by atoms with Crippen molar-refractivity contribution >= 4 is 17.4 Å². The lowest BCUT2D eigenvalue weighted by atomic mass is 10.3. The third-order valence-electron chi connectivity index (χ3n) is 2.72. The van der Waals surface area contributed by atoms with E-state index in [-0.39, 0.29) is 11.4 Å². The Labute approximate surface area is 120 Å². The van der Waals surface area contributed by atoms with Crippen LogP contribution >= 0.6 is 11.8 Å². The van der Waals surface area contributed by atoms with Gasteiger partial charge >= 0.3 is 5.69 Å². The largest absolute Gasteiger partial charge is 0.508 e. The third kappa shape index (κ3) is 2.93. The van der Waals surface area contributed by atoms with Crippen LogP contribution in [-0.4, -0.2) is 19.8 Å². The molecule has 2 rings (SSSR count). The highest BCUT2D eigenvalue weighted by atomic mass is 32.2. The first-order valence-electron chi connectivity index (χ1n) is 6.21. The molecule has 1 N–H and O–H groups in total. The van der Waals surface area contributed by atoms with E-state index in [1.807, 2.05) is 6.92 Å². The molecule has 0 aliphatic heterocycles. The topological polar surface area (TPSA) is 81.2 Å². The minimum absolute atomic E-state index is 0.0523. The van der Waals surface area contributed by atoms with E-state index in [1.165, 1.54) is 11.8 Å². The van der Waals surface area contributed by atoms with Crippen molar-refractivity contribution in [2.45, 2.75) is 36.7 Å². The summed E-state index contributed by atoms with van der Waals surface area (Å²) in [5.41, 5.74) is 0.473. The molecule has 0 fully saturated rings. The molecule has 6 nitrogen and oxygen atoms in total. The first-order chi connectivity index (χ1) is 9.52. The molecule has 0 spiro atoms. The van der Waals surface area contributed by atoms with Gasteiger partial charge in [0.1, 0.15) is 11.4 Å². The maximum Gasteiger partial charge on any atom is 0.324 e. The Morgan fingerprint density at radius 2 is 2.05 bits per heavy atom. The molecule has 0 atom stereocenters. The fraction of sp³-hybridized carbons (Fsp3) is 0.308. The highest BCUT2D eigenvalue weighted by Gasteiger charge is 2.25. The molecule has 1 aromatic heterocycles. The van der Waals surface area contributed by atoms with E-state index in [0.717, 1.165) is 11.3 Å². The summed E-state index contributed by atoms with van der Waals surface area (Å²) in [5, 5.41) is 25.2. The van der Waals surface area contributed by atoms with E-state index in [2.05, 4.69) is 5.10 Å². The first-order valence-corrected chi connectivity index (χ1v) is 7.03. The Morgan fingerprint density at radius 3 is 2.60 bits per heavy atom. The van der Waals surface area contributed by atoms with Gasteiger partial charge in [-0.2, -0.15) is 5.10 Å². The number of phenolic OH excluding ortho intramolecular Hbond substituents is 1. The average Bonchev–Trinajstić information content (AvgIpc) is 2.69. The number of nitro groups is 1. The molecule has 0 amide bonds. The molecular formula is C13H15N3O3S. The molecule has 0 bridgehead atoms. The third-order valence-corrected chi connectivity index (χ3v) is 3.82. The summed E-state index contributed by atoms with van der Waals surface area (Å²) in [6.07, 6.45) is 0.849. The highest BCUT2D eigenvalue weighted by Crippen LogP contribution is 2.37. The fourth-order valence-electron chi connectivity index (χ4n) is 1.85. The Hall–Kier alpha value is -2.02. The van der Waals surface area contributed by atoms with E-state index in [1.54, 1.807) is 35.9 Å². The van der Waals surface area contributed by atoms with Crippen LogP contribution in [0.2, 0.25) is 0 Å². The lowest BCUT2D eigenvalue weighted by Crippen LogP contribution is -2.01. The van der Waals surface area contributed by atoms with Crippen molar-refractivity contribution < 1.29 is 10.0 Å². The molecule has 0 radical (unpaired) electrons. The van der Waals surface area contributed by atoms with Crippen LogP contribution in [0, 0.1) is 17.0 Å². The zero-order chi connectivity index (χ0) is 14.7. The van der Waals surface area contributed by atoms with Gasteiger partial charge in [0.05, 0.1) is 4.92 Å². The number of aromatic nitrogens is 2. The Kier molecular flexibility index (Phi) is 4.29. The van der Waals surface area contributed by atoms with E-state index >= 15 is 0 Å². The molecule has 0 saturated heterocycles. The van der Waals surface area contributed by atoms with Gasteiger partial charge in [0, 0.05) is 11.4 Å². The maximum atomic E-state index is 11.2. The molecule has 0 aliphatic rings. The summed E-state index contributed by atoms with van der Waals surface area (Å²) in [7, 11) is 0. The van der Waals surface area contributed by atoms with Crippen molar-refractivity contribution in [1.82, 2.24) is 9.78 Å². The number of hydrogen-bond donors (Lipinski definition) is 1. The number of aryl methyl sites for hydroxylation is 2. The average molecular weight is 293 g/mol. The van der Waals surface area contributed by atoms with Gasteiger partial charge < -0.3 is 5.11 Å². The minimum atomic E-state index is -0.392. The van der Waals surface area contributed by atoms with Gasteiger partial charge in [-0.15, -0.1) is 0 Å². The Bertz CT molecular complexity index is 623. The van der Waals surface area contributed by atoms with Gasteiger partial charge in [0.15, 0.2) is 5.03 Å². The smallest absolute Gasteiger partial charge is 0.324 e. The lowest BCUT2D eigenvalue weighted by Gasteiger charge is -2.05. The van der Waals surface area contributed by atoms with Gasteiger partial charge in [-0.05, 0) is 37.6 Å². The van der Waals surface area contributed by atoms with Crippen LogP contribution < -0.4 is 0 Å². The Morgan fingerprint density at radius 1 is 1.40 bits per heavy atom. The molecule has 2 aromatic rings. The standard InChI is InChI=1S/C13H15N3O3S/c1-3-8-15-13(12(16(18)19)9(2)14-15)20-11-6-4-10(17)5-7-11/h4-7,17H,3,8H2,1-2H3. The van der Waals surface area contributed by atoms with Crippen molar-refractivity contribution in [3.8, 4) is 5.75 Å². The second-order valence-electron chi connectivity index (χ2n) is 4.32. The second-order valence-corrected chi connectivity index (χ2v) is 5.38. The van der Waals surface area contributed by atoms with Crippen LogP contribution in [-0.2, 0) is 6.54 Å². The predicted molar refractivity (Wildman–Crippen MR) is 76.1 cm³/mol. The number of aromatic hydroxyl groups is 1. The summed E-state index contributed by atoms with van der Waals surface area (Å²) in [6.45, 7) is 4.28. The van der Waals surface area contributed by atoms with Crippen molar-refractivity contribution in [3.63, 3.8) is 0 Å². The zero-order valence-electron chi connectivity index (χ0n) is 11.2. The monoisotopic (exact) mass is 293 g/mol. The normalized spacial score (nSPS) is 10.7. The second kappa shape index (κ2) is 5.96. The van der Waals surface area contributed by atoms with Gasteiger partial charge in [-0.3, -0.25) is 14.8 Å². The number of benzene rings is 1. The fourth-order valence-corrected chi connectivity index (χ4v) is 2.90. The molecule has 1 aromatic carbocycles. The molecule has 7 heteroatoms. The van der Waals surface area contributed by atoms with E-state index in [4.69, 9.17) is 0 Å². The predicted octanol–water partition coefficient (Wildman–Crippen LogP) is 3.37. The Balaban J connectivity index is 2.42. The zero-order valence-corrected chi connectivity index (χ0v) is 12.1.